The van der Waals surface area contributed by atoms with Gasteiger partial charge >= 0.3 is 6.61 Å². The molecule has 118 valence electrons. The molecular formula is C17H14F2N2OS. The topological polar surface area (TPSA) is 27.1 Å². The summed E-state index contributed by atoms with van der Waals surface area (Å²) in [6, 6.07) is 16.4. The van der Waals surface area contributed by atoms with Crippen molar-refractivity contribution in [1.29, 1.82) is 0 Å². The molecule has 0 N–H and O–H groups in total. The number of halogens is 2. The summed E-state index contributed by atoms with van der Waals surface area (Å²) in [5, 5.41) is 0.825. The lowest BCUT2D eigenvalue weighted by molar-refractivity contribution is -0.0498. The number of aromatic nitrogens is 2. The first-order valence-electron chi connectivity index (χ1n) is 6.91. The maximum atomic E-state index is 12.3. The van der Waals surface area contributed by atoms with Gasteiger partial charge in [-0.3, -0.25) is 4.57 Å². The van der Waals surface area contributed by atoms with E-state index in [9.17, 15) is 8.78 Å². The standard InChI is InChI=1S/C17H14F2N2OS/c1-23-17-20-11-15(12-5-3-2-4-6-12)21(17)13-7-9-14(10-8-13)22-16(18)19/h2-11,16H,1H3. The van der Waals surface area contributed by atoms with E-state index in [-0.39, 0.29) is 5.75 Å². The lowest BCUT2D eigenvalue weighted by atomic mass is 10.1. The predicted molar refractivity (Wildman–Crippen MR) is 87.4 cm³/mol. The van der Waals surface area contributed by atoms with E-state index in [1.54, 1.807) is 12.1 Å². The molecule has 0 saturated carbocycles. The number of hydrogen-bond donors (Lipinski definition) is 0. The third-order valence-corrected chi connectivity index (χ3v) is 3.95. The van der Waals surface area contributed by atoms with Gasteiger partial charge in [0, 0.05) is 11.3 Å². The van der Waals surface area contributed by atoms with Crippen LogP contribution in [0, 0.1) is 0 Å². The molecule has 0 radical (unpaired) electrons. The number of hydrogen-bond acceptors (Lipinski definition) is 3. The van der Waals surface area contributed by atoms with Crippen LogP contribution in [0.25, 0.3) is 16.9 Å². The first kappa shape index (κ1) is 15.6. The third-order valence-electron chi connectivity index (χ3n) is 3.30. The van der Waals surface area contributed by atoms with Crippen molar-refractivity contribution in [3.8, 4) is 22.7 Å². The number of imidazole rings is 1. The van der Waals surface area contributed by atoms with Gasteiger partial charge in [0.25, 0.3) is 0 Å². The van der Waals surface area contributed by atoms with E-state index in [2.05, 4.69) is 9.72 Å². The highest BCUT2D eigenvalue weighted by Gasteiger charge is 2.13. The van der Waals surface area contributed by atoms with Gasteiger partial charge in [-0.2, -0.15) is 8.78 Å². The van der Waals surface area contributed by atoms with Crippen molar-refractivity contribution in [3.63, 3.8) is 0 Å². The Morgan fingerprint density at radius 3 is 2.35 bits per heavy atom. The van der Waals surface area contributed by atoms with Gasteiger partial charge < -0.3 is 4.74 Å². The fourth-order valence-electron chi connectivity index (χ4n) is 2.32. The maximum absolute atomic E-state index is 12.3. The summed E-state index contributed by atoms with van der Waals surface area (Å²) < 4.78 is 30.9. The van der Waals surface area contributed by atoms with Crippen molar-refractivity contribution < 1.29 is 13.5 Å². The van der Waals surface area contributed by atoms with E-state index >= 15 is 0 Å². The minimum Gasteiger partial charge on any atom is -0.435 e. The second kappa shape index (κ2) is 6.83. The summed E-state index contributed by atoms with van der Waals surface area (Å²) in [7, 11) is 0. The van der Waals surface area contributed by atoms with Crippen LogP contribution in [-0.2, 0) is 0 Å². The van der Waals surface area contributed by atoms with Crippen LogP contribution in [0.4, 0.5) is 8.78 Å². The van der Waals surface area contributed by atoms with Gasteiger partial charge in [-0.1, -0.05) is 42.1 Å². The fraction of sp³-hybridized carbons (Fsp3) is 0.118. The van der Waals surface area contributed by atoms with Crippen molar-refractivity contribution in [3.05, 3.63) is 60.8 Å². The highest BCUT2D eigenvalue weighted by Crippen LogP contribution is 2.29. The van der Waals surface area contributed by atoms with Gasteiger partial charge in [0.1, 0.15) is 5.75 Å². The van der Waals surface area contributed by atoms with Crippen LogP contribution in [0.5, 0.6) is 5.75 Å². The summed E-state index contributed by atoms with van der Waals surface area (Å²) in [4.78, 5) is 4.43. The zero-order valence-corrected chi connectivity index (χ0v) is 13.1. The van der Waals surface area contributed by atoms with Crippen LogP contribution in [0.2, 0.25) is 0 Å². The second-order valence-electron chi connectivity index (χ2n) is 4.70. The quantitative estimate of drug-likeness (QED) is 0.624. The zero-order valence-electron chi connectivity index (χ0n) is 12.3. The van der Waals surface area contributed by atoms with Gasteiger partial charge in [-0.25, -0.2) is 4.98 Å². The van der Waals surface area contributed by atoms with Crippen LogP contribution in [-0.4, -0.2) is 22.4 Å². The minimum absolute atomic E-state index is 0.135. The first-order valence-corrected chi connectivity index (χ1v) is 8.14. The molecule has 0 aliphatic heterocycles. The predicted octanol–water partition coefficient (Wildman–Crippen LogP) is 4.86. The van der Waals surface area contributed by atoms with E-state index in [1.165, 1.54) is 23.9 Å². The van der Waals surface area contributed by atoms with E-state index in [0.29, 0.717) is 0 Å². The lowest BCUT2D eigenvalue weighted by Gasteiger charge is -2.12. The Hall–Kier alpha value is -2.34. The molecule has 3 aromatic rings. The molecule has 6 heteroatoms. The van der Waals surface area contributed by atoms with Gasteiger partial charge in [0.2, 0.25) is 0 Å². The van der Waals surface area contributed by atoms with E-state index < -0.39 is 6.61 Å². The summed E-state index contributed by atoms with van der Waals surface area (Å²) in [5.41, 5.74) is 2.82. The summed E-state index contributed by atoms with van der Waals surface area (Å²) in [6.07, 6.45) is 3.76. The first-order chi connectivity index (χ1) is 11.2. The highest BCUT2D eigenvalue weighted by atomic mass is 32.2. The largest absolute Gasteiger partial charge is 0.435 e. The smallest absolute Gasteiger partial charge is 0.387 e. The Balaban J connectivity index is 2.03. The van der Waals surface area contributed by atoms with Gasteiger partial charge in [-0.15, -0.1) is 0 Å². The van der Waals surface area contributed by atoms with Crippen molar-refractivity contribution in [2.75, 3.05) is 6.26 Å². The number of nitrogens with zero attached hydrogens (tertiary/aromatic N) is 2. The molecule has 0 aliphatic rings. The molecule has 0 atom stereocenters. The normalized spacial score (nSPS) is 11.0. The van der Waals surface area contributed by atoms with Crippen molar-refractivity contribution >= 4 is 11.8 Å². The Labute approximate surface area is 136 Å². The molecule has 1 aromatic heterocycles. The molecule has 0 saturated heterocycles. The van der Waals surface area contributed by atoms with E-state index in [1.807, 2.05) is 47.4 Å². The minimum atomic E-state index is -2.82. The van der Waals surface area contributed by atoms with Crippen molar-refractivity contribution in [1.82, 2.24) is 9.55 Å². The molecular weight excluding hydrogens is 318 g/mol. The van der Waals surface area contributed by atoms with Crippen LogP contribution < -0.4 is 4.74 Å². The molecule has 3 nitrogen and oxygen atoms in total. The highest BCUT2D eigenvalue weighted by molar-refractivity contribution is 7.98. The Kier molecular flexibility index (Phi) is 4.62. The molecule has 0 fully saturated rings. The lowest BCUT2D eigenvalue weighted by Crippen LogP contribution is -2.03. The summed E-state index contributed by atoms with van der Waals surface area (Å²) in [5.74, 6) is 0.135. The average Bonchev–Trinajstić information content (AvgIpc) is 3.00. The molecule has 1 heterocycles. The number of ether oxygens (including phenoxy) is 1. The van der Waals surface area contributed by atoms with E-state index in [0.717, 1.165) is 22.1 Å². The number of thioether (sulfide) groups is 1. The zero-order chi connectivity index (χ0) is 16.2. The van der Waals surface area contributed by atoms with Gasteiger partial charge in [-0.05, 0) is 30.5 Å². The van der Waals surface area contributed by atoms with Crippen LogP contribution in [0.1, 0.15) is 0 Å². The Bertz CT molecular complexity index is 773. The van der Waals surface area contributed by atoms with E-state index in [4.69, 9.17) is 0 Å². The summed E-state index contributed by atoms with van der Waals surface area (Å²) in [6.45, 7) is -2.82. The molecule has 0 spiro atoms. The second-order valence-corrected chi connectivity index (χ2v) is 5.48. The van der Waals surface area contributed by atoms with Crippen LogP contribution in [0.15, 0.2) is 66.0 Å². The molecule has 0 amide bonds. The third kappa shape index (κ3) is 3.37. The average molecular weight is 332 g/mol. The Morgan fingerprint density at radius 1 is 1.04 bits per heavy atom. The van der Waals surface area contributed by atoms with Gasteiger partial charge in [0.05, 0.1) is 11.9 Å². The van der Waals surface area contributed by atoms with Crippen LogP contribution >= 0.6 is 11.8 Å². The fourth-order valence-corrected chi connectivity index (χ4v) is 2.86. The summed E-state index contributed by atoms with van der Waals surface area (Å²) >= 11 is 1.52. The maximum Gasteiger partial charge on any atom is 0.387 e. The SMILES string of the molecule is CSc1ncc(-c2ccccc2)n1-c1ccc(OC(F)F)cc1. The monoisotopic (exact) mass is 332 g/mol. The van der Waals surface area contributed by atoms with Gasteiger partial charge in [0.15, 0.2) is 5.16 Å². The number of alkyl halides is 2. The molecule has 0 unspecified atom stereocenters. The van der Waals surface area contributed by atoms with Crippen molar-refractivity contribution in [2.45, 2.75) is 11.8 Å². The molecule has 3 rings (SSSR count). The number of rotatable bonds is 5. The Morgan fingerprint density at radius 2 is 1.74 bits per heavy atom. The number of benzene rings is 2. The molecule has 0 aliphatic carbocycles. The molecule has 2 aromatic carbocycles. The molecule has 0 bridgehead atoms. The molecule has 23 heavy (non-hydrogen) atoms. The van der Waals surface area contributed by atoms with Crippen molar-refractivity contribution in [2.24, 2.45) is 0 Å². The van der Waals surface area contributed by atoms with Crippen LogP contribution in [0.3, 0.4) is 0 Å².